The second-order valence-corrected chi connectivity index (χ2v) is 2.88. The first-order valence-corrected chi connectivity index (χ1v) is 4.21. The average Bonchev–Trinajstić information content (AvgIpc) is 2.58. The summed E-state index contributed by atoms with van der Waals surface area (Å²) >= 11 is 0. The number of hydrogen-bond acceptors (Lipinski definition) is 2. The number of imidazole rings is 1. The van der Waals surface area contributed by atoms with Crippen LogP contribution in [0.15, 0.2) is 24.5 Å². The van der Waals surface area contributed by atoms with E-state index in [9.17, 15) is 0 Å². The number of fused-ring (bicyclic) bond motifs is 1. The molecule has 0 atom stereocenters. The standard InChI is InChI=1S/C10H9N3/c1-2-9-7-13-4-3-8(6-11)5-10(13)12-9/h3-5,7H,2H2,1H3. The van der Waals surface area contributed by atoms with Crippen LogP contribution in [-0.4, -0.2) is 9.38 Å². The van der Waals surface area contributed by atoms with Crippen molar-refractivity contribution in [3.63, 3.8) is 0 Å². The molecule has 0 aromatic carbocycles. The van der Waals surface area contributed by atoms with Crippen molar-refractivity contribution in [2.45, 2.75) is 13.3 Å². The second-order valence-electron chi connectivity index (χ2n) is 2.88. The quantitative estimate of drug-likeness (QED) is 0.656. The van der Waals surface area contributed by atoms with Gasteiger partial charge in [0.15, 0.2) is 0 Å². The monoisotopic (exact) mass is 171 g/mol. The number of pyridine rings is 1. The molecule has 13 heavy (non-hydrogen) atoms. The third-order valence-electron chi connectivity index (χ3n) is 2.00. The van der Waals surface area contributed by atoms with Crippen molar-refractivity contribution in [2.75, 3.05) is 0 Å². The summed E-state index contributed by atoms with van der Waals surface area (Å²) in [6.45, 7) is 2.06. The summed E-state index contributed by atoms with van der Waals surface area (Å²) in [4.78, 5) is 4.35. The van der Waals surface area contributed by atoms with Crippen molar-refractivity contribution in [3.05, 3.63) is 35.8 Å². The van der Waals surface area contributed by atoms with Gasteiger partial charge in [0, 0.05) is 12.4 Å². The SMILES string of the molecule is CCc1cn2ccc(C#N)cc2n1. The highest BCUT2D eigenvalue weighted by molar-refractivity contribution is 5.46. The van der Waals surface area contributed by atoms with Gasteiger partial charge in [-0.2, -0.15) is 5.26 Å². The fourth-order valence-electron chi connectivity index (χ4n) is 1.27. The molecule has 0 radical (unpaired) electrons. The van der Waals surface area contributed by atoms with Gasteiger partial charge in [-0.15, -0.1) is 0 Å². The second kappa shape index (κ2) is 2.91. The lowest BCUT2D eigenvalue weighted by Gasteiger charge is -1.90. The Bertz CT molecular complexity index is 476. The third-order valence-corrected chi connectivity index (χ3v) is 2.00. The predicted octanol–water partition coefficient (Wildman–Crippen LogP) is 1.77. The molecule has 0 N–H and O–H groups in total. The molecule has 0 unspecified atom stereocenters. The largest absolute Gasteiger partial charge is 0.307 e. The molecule has 3 heteroatoms. The van der Waals surface area contributed by atoms with Crippen molar-refractivity contribution in [3.8, 4) is 6.07 Å². The molecule has 2 aromatic heterocycles. The van der Waals surface area contributed by atoms with Gasteiger partial charge in [0.25, 0.3) is 0 Å². The summed E-state index contributed by atoms with van der Waals surface area (Å²) in [5, 5.41) is 8.67. The lowest BCUT2D eigenvalue weighted by Crippen LogP contribution is -1.82. The van der Waals surface area contributed by atoms with Crippen LogP contribution in [0.5, 0.6) is 0 Å². The van der Waals surface area contributed by atoms with E-state index in [2.05, 4.69) is 18.0 Å². The zero-order valence-electron chi connectivity index (χ0n) is 7.36. The minimum atomic E-state index is 0.653. The first-order valence-electron chi connectivity index (χ1n) is 4.21. The van der Waals surface area contributed by atoms with Crippen LogP contribution in [0.4, 0.5) is 0 Å². The molecule has 0 aliphatic carbocycles. The van der Waals surface area contributed by atoms with Gasteiger partial charge in [-0.3, -0.25) is 0 Å². The van der Waals surface area contributed by atoms with Gasteiger partial charge in [0.2, 0.25) is 0 Å². The Morgan fingerprint density at radius 1 is 1.62 bits per heavy atom. The van der Waals surface area contributed by atoms with E-state index >= 15 is 0 Å². The average molecular weight is 171 g/mol. The number of aromatic nitrogens is 2. The van der Waals surface area contributed by atoms with E-state index in [4.69, 9.17) is 5.26 Å². The Balaban J connectivity index is 2.65. The topological polar surface area (TPSA) is 41.1 Å². The fourth-order valence-corrected chi connectivity index (χ4v) is 1.27. The molecule has 3 nitrogen and oxygen atoms in total. The van der Waals surface area contributed by atoms with Crippen LogP contribution >= 0.6 is 0 Å². The van der Waals surface area contributed by atoms with E-state index in [1.807, 2.05) is 16.8 Å². The zero-order valence-corrected chi connectivity index (χ0v) is 7.36. The minimum Gasteiger partial charge on any atom is -0.307 e. The van der Waals surface area contributed by atoms with E-state index in [-0.39, 0.29) is 0 Å². The summed E-state index contributed by atoms with van der Waals surface area (Å²) in [6, 6.07) is 5.67. The van der Waals surface area contributed by atoms with Gasteiger partial charge < -0.3 is 4.40 Å². The summed E-state index contributed by atoms with van der Waals surface area (Å²) in [5.74, 6) is 0. The lowest BCUT2D eigenvalue weighted by atomic mass is 10.3. The Labute approximate surface area is 76.3 Å². The molecule has 2 aromatic rings. The van der Waals surface area contributed by atoms with Crippen LogP contribution < -0.4 is 0 Å². The van der Waals surface area contributed by atoms with Crippen molar-refractivity contribution >= 4 is 5.65 Å². The number of nitriles is 1. The highest BCUT2D eigenvalue weighted by Crippen LogP contribution is 2.07. The van der Waals surface area contributed by atoms with Gasteiger partial charge in [-0.1, -0.05) is 6.92 Å². The number of aryl methyl sites for hydroxylation is 1. The number of nitrogens with zero attached hydrogens (tertiary/aromatic N) is 3. The van der Waals surface area contributed by atoms with Crippen molar-refractivity contribution in [1.82, 2.24) is 9.38 Å². The van der Waals surface area contributed by atoms with E-state index in [1.54, 1.807) is 12.1 Å². The van der Waals surface area contributed by atoms with Gasteiger partial charge in [-0.05, 0) is 18.6 Å². The molecule has 0 spiro atoms. The highest BCUT2D eigenvalue weighted by atomic mass is 15.0. The normalized spacial score (nSPS) is 10.2. The van der Waals surface area contributed by atoms with E-state index in [0.717, 1.165) is 17.8 Å². The van der Waals surface area contributed by atoms with Crippen molar-refractivity contribution in [1.29, 1.82) is 5.26 Å². The van der Waals surface area contributed by atoms with Crippen LogP contribution in [-0.2, 0) is 6.42 Å². The van der Waals surface area contributed by atoms with Crippen molar-refractivity contribution < 1.29 is 0 Å². The number of hydrogen-bond donors (Lipinski definition) is 0. The van der Waals surface area contributed by atoms with Gasteiger partial charge in [0.1, 0.15) is 5.65 Å². The molecule has 0 aliphatic heterocycles. The first-order chi connectivity index (χ1) is 6.33. The molecular weight excluding hydrogens is 162 g/mol. The molecule has 0 fully saturated rings. The summed E-state index contributed by atoms with van der Waals surface area (Å²) in [5.41, 5.74) is 2.55. The molecule has 0 aliphatic rings. The fraction of sp³-hybridized carbons (Fsp3) is 0.200. The van der Waals surface area contributed by atoms with Gasteiger partial charge in [-0.25, -0.2) is 4.98 Å². The maximum Gasteiger partial charge on any atom is 0.138 e. The lowest BCUT2D eigenvalue weighted by molar-refractivity contribution is 1.07. The predicted molar refractivity (Wildman–Crippen MR) is 49.3 cm³/mol. The number of rotatable bonds is 1. The maximum atomic E-state index is 8.67. The molecule has 64 valence electrons. The van der Waals surface area contributed by atoms with Gasteiger partial charge in [0.05, 0.1) is 17.3 Å². The summed E-state index contributed by atoms with van der Waals surface area (Å²) in [6.07, 6.45) is 4.76. The molecule has 0 bridgehead atoms. The molecule has 2 heterocycles. The zero-order chi connectivity index (χ0) is 9.26. The van der Waals surface area contributed by atoms with E-state index in [0.29, 0.717) is 5.56 Å². The van der Waals surface area contributed by atoms with Crippen LogP contribution in [0.25, 0.3) is 5.65 Å². The third kappa shape index (κ3) is 1.27. The minimum absolute atomic E-state index is 0.653. The Hall–Kier alpha value is -1.82. The highest BCUT2D eigenvalue weighted by Gasteiger charge is 1.99. The van der Waals surface area contributed by atoms with E-state index in [1.165, 1.54) is 0 Å². The van der Waals surface area contributed by atoms with Gasteiger partial charge >= 0.3 is 0 Å². The van der Waals surface area contributed by atoms with E-state index < -0.39 is 0 Å². The summed E-state index contributed by atoms with van der Waals surface area (Å²) < 4.78 is 1.93. The smallest absolute Gasteiger partial charge is 0.138 e. The Kier molecular flexibility index (Phi) is 1.75. The van der Waals surface area contributed by atoms with Crippen LogP contribution in [0.3, 0.4) is 0 Å². The Morgan fingerprint density at radius 3 is 3.15 bits per heavy atom. The Morgan fingerprint density at radius 2 is 2.46 bits per heavy atom. The van der Waals surface area contributed by atoms with Crippen LogP contribution in [0.2, 0.25) is 0 Å². The molecule has 2 rings (SSSR count). The molecule has 0 saturated carbocycles. The molecule has 0 amide bonds. The van der Waals surface area contributed by atoms with Crippen LogP contribution in [0, 0.1) is 11.3 Å². The molecular formula is C10H9N3. The first kappa shape index (κ1) is 7.81. The molecule has 0 saturated heterocycles. The van der Waals surface area contributed by atoms with Crippen LogP contribution in [0.1, 0.15) is 18.2 Å². The maximum absolute atomic E-state index is 8.67. The summed E-state index contributed by atoms with van der Waals surface area (Å²) in [7, 11) is 0. The van der Waals surface area contributed by atoms with Crippen molar-refractivity contribution in [2.24, 2.45) is 0 Å².